The molecular formula is C15H18N2O3S. The van der Waals surface area contributed by atoms with E-state index in [2.05, 4.69) is 10.1 Å². The minimum absolute atomic E-state index is 0.0761. The molecule has 21 heavy (non-hydrogen) atoms. The number of aryl methyl sites for hydroxylation is 1. The Balaban J connectivity index is 1.59. The minimum Gasteiger partial charge on any atom is -0.396 e. The third-order valence-corrected chi connectivity index (χ3v) is 4.91. The summed E-state index contributed by atoms with van der Waals surface area (Å²) < 4.78 is 10.5. The molecule has 0 radical (unpaired) electrons. The van der Waals surface area contributed by atoms with Crippen LogP contribution >= 0.6 is 11.8 Å². The van der Waals surface area contributed by atoms with E-state index >= 15 is 0 Å². The van der Waals surface area contributed by atoms with Crippen molar-refractivity contribution in [2.45, 2.75) is 12.7 Å². The molecule has 1 aromatic carbocycles. The summed E-state index contributed by atoms with van der Waals surface area (Å²) in [5, 5.41) is 13.4. The molecule has 1 aromatic heterocycles. The van der Waals surface area contributed by atoms with E-state index in [-0.39, 0.29) is 12.0 Å². The molecule has 1 N–H and O–H groups in total. The standard InChI is InChI=1S/C15H18N2O3S/c1-11-4-2-3-5-12(11)14-16-13(17-20-14)6-21-10-15(7-18)8-19-9-15/h2-5,18H,6-10H2,1H3. The number of thioether (sulfide) groups is 1. The predicted molar refractivity (Wildman–Crippen MR) is 81.0 cm³/mol. The number of aromatic nitrogens is 2. The van der Waals surface area contributed by atoms with E-state index in [1.54, 1.807) is 11.8 Å². The van der Waals surface area contributed by atoms with Crippen LogP contribution in [0.3, 0.4) is 0 Å². The second-order valence-corrected chi connectivity index (χ2v) is 6.46. The SMILES string of the molecule is Cc1ccccc1-c1nc(CSCC2(CO)COC2)no1. The topological polar surface area (TPSA) is 68.4 Å². The Morgan fingerprint density at radius 2 is 2.14 bits per heavy atom. The van der Waals surface area contributed by atoms with Gasteiger partial charge in [-0.05, 0) is 18.6 Å². The predicted octanol–water partition coefficient (Wildman–Crippen LogP) is 2.29. The van der Waals surface area contributed by atoms with Gasteiger partial charge in [-0.2, -0.15) is 16.7 Å². The fraction of sp³-hybridized carbons (Fsp3) is 0.467. The molecule has 1 fully saturated rings. The molecule has 0 unspecified atom stereocenters. The zero-order valence-corrected chi connectivity index (χ0v) is 12.7. The van der Waals surface area contributed by atoms with Crippen molar-refractivity contribution in [3.05, 3.63) is 35.7 Å². The first kappa shape index (κ1) is 14.6. The number of aliphatic hydroxyl groups is 1. The van der Waals surface area contributed by atoms with Crippen LogP contribution in [0.25, 0.3) is 11.5 Å². The van der Waals surface area contributed by atoms with Crippen LogP contribution < -0.4 is 0 Å². The number of hydrogen-bond donors (Lipinski definition) is 1. The first-order valence-corrected chi connectivity index (χ1v) is 8.03. The normalized spacial score (nSPS) is 16.7. The summed E-state index contributed by atoms with van der Waals surface area (Å²) in [5.74, 6) is 2.77. The molecule has 5 nitrogen and oxygen atoms in total. The molecule has 2 aromatic rings. The molecule has 0 spiro atoms. The van der Waals surface area contributed by atoms with Gasteiger partial charge in [0.25, 0.3) is 5.89 Å². The molecule has 6 heteroatoms. The molecular weight excluding hydrogens is 288 g/mol. The fourth-order valence-corrected chi connectivity index (χ4v) is 3.30. The molecule has 1 aliphatic rings. The summed E-state index contributed by atoms with van der Waals surface area (Å²) in [6.45, 7) is 3.46. The second-order valence-electron chi connectivity index (χ2n) is 5.47. The van der Waals surface area contributed by atoms with Crippen molar-refractivity contribution in [1.29, 1.82) is 0 Å². The van der Waals surface area contributed by atoms with Crippen LogP contribution in [0.1, 0.15) is 11.4 Å². The molecule has 3 rings (SSSR count). The molecule has 0 aliphatic carbocycles. The van der Waals surface area contributed by atoms with Gasteiger partial charge in [0.1, 0.15) is 0 Å². The van der Waals surface area contributed by atoms with Crippen molar-refractivity contribution in [3.63, 3.8) is 0 Å². The summed E-state index contributed by atoms with van der Waals surface area (Å²) >= 11 is 1.70. The summed E-state index contributed by atoms with van der Waals surface area (Å²) in [6.07, 6.45) is 0. The van der Waals surface area contributed by atoms with E-state index in [0.29, 0.717) is 30.7 Å². The van der Waals surface area contributed by atoms with Gasteiger partial charge in [-0.25, -0.2) is 0 Å². The number of hydrogen-bond acceptors (Lipinski definition) is 6. The minimum atomic E-state index is -0.0761. The lowest BCUT2D eigenvalue weighted by Crippen LogP contribution is -2.47. The number of aliphatic hydroxyl groups excluding tert-OH is 1. The average Bonchev–Trinajstić information content (AvgIpc) is 2.91. The Hall–Kier alpha value is -1.37. The summed E-state index contributed by atoms with van der Waals surface area (Å²) in [6, 6.07) is 7.95. The Morgan fingerprint density at radius 3 is 2.81 bits per heavy atom. The van der Waals surface area contributed by atoms with Crippen molar-refractivity contribution in [2.75, 3.05) is 25.6 Å². The van der Waals surface area contributed by atoms with E-state index in [1.807, 2.05) is 31.2 Å². The second kappa shape index (κ2) is 6.17. The Bertz CT molecular complexity index is 605. The van der Waals surface area contributed by atoms with Crippen molar-refractivity contribution < 1.29 is 14.4 Å². The van der Waals surface area contributed by atoms with Crippen molar-refractivity contribution in [3.8, 4) is 11.5 Å². The maximum atomic E-state index is 9.37. The first-order chi connectivity index (χ1) is 10.2. The monoisotopic (exact) mass is 306 g/mol. The highest BCUT2D eigenvalue weighted by Crippen LogP contribution is 2.32. The van der Waals surface area contributed by atoms with Gasteiger partial charge in [-0.3, -0.25) is 0 Å². The van der Waals surface area contributed by atoms with Gasteiger partial charge in [-0.15, -0.1) is 0 Å². The molecule has 2 heterocycles. The molecule has 1 aliphatic heterocycles. The number of nitrogens with zero attached hydrogens (tertiary/aromatic N) is 2. The van der Waals surface area contributed by atoms with Crippen molar-refractivity contribution in [1.82, 2.24) is 10.1 Å². The zero-order chi connectivity index (χ0) is 14.7. The van der Waals surface area contributed by atoms with E-state index < -0.39 is 0 Å². The number of ether oxygens (including phenoxy) is 1. The van der Waals surface area contributed by atoms with Crippen LogP contribution in [-0.4, -0.2) is 40.8 Å². The summed E-state index contributed by atoms with van der Waals surface area (Å²) in [4.78, 5) is 4.44. The van der Waals surface area contributed by atoms with Crippen LogP contribution in [0, 0.1) is 12.3 Å². The average molecular weight is 306 g/mol. The molecule has 0 atom stereocenters. The lowest BCUT2D eigenvalue weighted by atomic mass is 9.90. The van der Waals surface area contributed by atoms with Gasteiger partial charge >= 0.3 is 0 Å². The molecule has 0 saturated carbocycles. The lowest BCUT2D eigenvalue weighted by Gasteiger charge is -2.39. The Morgan fingerprint density at radius 1 is 1.33 bits per heavy atom. The van der Waals surface area contributed by atoms with Gasteiger partial charge in [0.2, 0.25) is 0 Å². The Labute approximate surface area is 127 Å². The lowest BCUT2D eigenvalue weighted by molar-refractivity contribution is -0.121. The number of rotatable bonds is 6. The third-order valence-electron chi connectivity index (χ3n) is 3.63. The largest absolute Gasteiger partial charge is 0.396 e. The van der Waals surface area contributed by atoms with Crippen LogP contribution in [-0.2, 0) is 10.5 Å². The van der Waals surface area contributed by atoms with E-state index in [1.165, 1.54) is 0 Å². The van der Waals surface area contributed by atoms with E-state index in [0.717, 1.165) is 16.9 Å². The van der Waals surface area contributed by atoms with Crippen LogP contribution in [0.2, 0.25) is 0 Å². The summed E-state index contributed by atoms with van der Waals surface area (Å²) in [5.41, 5.74) is 2.01. The zero-order valence-electron chi connectivity index (χ0n) is 11.9. The first-order valence-electron chi connectivity index (χ1n) is 6.87. The van der Waals surface area contributed by atoms with Gasteiger partial charge in [0.15, 0.2) is 5.82 Å². The van der Waals surface area contributed by atoms with Crippen LogP contribution in [0.4, 0.5) is 0 Å². The van der Waals surface area contributed by atoms with Crippen LogP contribution in [0.5, 0.6) is 0 Å². The maximum absolute atomic E-state index is 9.37. The van der Waals surface area contributed by atoms with Gasteiger partial charge in [0.05, 0.1) is 25.6 Å². The van der Waals surface area contributed by atoms with Crippen molar-refractivity contribution >= 4 is 11.8 Å². The Kier molecular flexibility index (Phi) is 4.28. The van der Waals surface area contributed by atoms with Gasteiger partial charge in [-0.1, -0.05) is 23.4 Å². The fourth-order valence-electron chi connectivity index (χ4n) is 2.20. The smallest absolute Gasteiger partial charge is 0.258 e. The highest BCUT2D eigenvalue weighted by atomic mass is 32.2. The molecule has 112 valence electrons. The molecule has 0 bridgehead atoms. The highest BCUT2D eigenvalue weighted by molar-refractivity contribution is 7.98. The van der Waals surface area contributed by atoms with Gasteiger partial charge < -0.3 is 14.4 Å². The van der Waals surface area contributed by atoms with Gasteiger partial charge in [0, 0.05) is 16.7 Å². The third kappa shape index (κ3) is 3.12. The van der Waals surface area contributed by atoms with E-state index in [9.17, 15) is 5.11 Å². The van der Waals surface area contributed by atoms with Crippen molar-refractivity contribution in [2.24, 2.45) is 5.41 Å². The molecule has 1 saturated heterocycles. The highest BCUT2D eigenvalue weighted by Gasteiger charge is 2.37. The van der Waals surface area contributed by atoms with E-state index in [4.69, 9.17) is 9.26 Å². The quantitative estimate of drug-likeness (QED) is 0.883. The molecule has 0 amide bonds. The maximum Gasteiger partial charge on any atom is 0.258 e. The summed E-state index contributed by atoms with van der Waals surface area (Å²) in [7, 11) is 0. The number of benzene rings is 1. The van der Waals surface area contributed by atoms with Crippen LogP contribution in [0.15, 0.2) is 28.8 Å².